The third-order valence-electron chi connectivity index (χ3n) is 8.73. The molecule has 6 rings (SSSR count). The van der Waals surface area contributed by atoms with Crippen LogP contribution < -0.4 is 20.7 Å². The van der Waals surface area contributed by atoms with E-state index >= 15 is 4.39 Å². The Morgan fingerprint density at radius 3 is 2.67 bits per heavy atom. The molecule has 0 spiro atoms. The van der Waals surface area contributed by atoms with Crippen LogP contribution in [-0.4, -0.2) is 65.8 Å². The maximum absolute atomic E-state index is 16.3. The largest absolute Gasteiger partial charge is 0.461 e. The summed E-state index contributed by atoms with van der Waals surface area (Å²) in [6.07, 6.45) is 2.32. The second-order valence-electron chi connectivity index (χ2n) is 11.7. The minimum Gasteiger partial charge on any atom is -0.461 e. The summed E-state index contributed by atoms with van der Waals surface area (Å²) in [7, 11) is 0. The Balaban J connectivity index is 0.00000191. The molecule has 3 aromatic rings. The summed E-state index contributed by atoms with van der Waals surface area (Å²) in [5.74, 6) is -1.37. The second kappa shape index (κ2) is 16.9. The molecule has 3 fully saturated rings. The van der Waals surface area contributed by atoms with Crippen LogP contribution in [0.1, 0.15) is 56.5 Å². The van der Waals surface area contributed by atoms with Gasteiger partial charge in [-0.3, -0.25) is 4.90 Å². The molecule has 16 heteroatoms. The molecule has 3 aliphatic rings. The van der Waals surface area contributed by atoms with Crippen molar-refractivity contribution in [2.24, 2.45) is 0 Å². The minimum atomic E-state index is -1.86. The quantitative estimate of drug-likeness (QED) is 0.174. The van der Waals surface area contributed by atoms with E-state index < -0.39 is 35.4 Å². The first kappa shape index (κ1) is 39.7. The number of benzene rings is 1. The Bertz CT molecular complexity index is 1920. The summed E-state index contributed by atoms with van der Waals surface area (Å²) >= 11 is 7.42. The van der Waals surface area contributed by atoms with Crippen molar-refractivity contribution in [2.45, 2.75) is 52.1 Å². The highest BCUT2D eigenvalue weighted by Gasteiger charge is 2.48. The van der Waals surface area contributed by atoms with Gasteiger partial charge < -0.3 is 20.7 Å². The van der Waals surface area contributed by atoms with Gasteiger partial charge in [-0.05, 0) is 50.1 Å². The topological polar surface area (TPSA) is 103 Å². The average molecular weight is 754 g/mol. The number of nitriles is 1. The summed E-state index contributed by atoms with van der Waals surface area (Å²) in [6.45, 7) is 5.45. The van der Waals surface area contributed by atoms with Gasteiger partial charge in [-0.15, -0.1) is 11.3 Å². The summed E-state index contributed by atoms with van der Waals surface area (Å²) in [4.78, 5) is 12.7. The van der Waals surface area contributed by atoms with Gasteiger partial charge in [-0.1, -0.05) is 45.0 Å². The van der Waals surface area contributed by atoms with Crippen molar-refractivity contribution in [3.8, 4) is 12.1 Å². The van der Waals surface area contributed by atoms with Crippen LogP contribution in [-0.2, 0) is 0 Å². The zero-order valence-corrected chi connectivity index (χ0v) is 28.8. The fraction of sp³-hybridized carbons (Fsp3) is 0.400. The van der Waals surface area contributed by atoms with E-state index in [1.54, 1.807) is 4.90 Å². The van der Waals surface area contributed by atoms with Gasteiger partial charge in [0.1, 0.15) is 34.8 Å². The highest BCUT2D eigenvalue weighted by molar-refractivity contribution is 7.17. The van der Waals surface area contributed by atoms with E-state index in [-0.39, 0.29) is 87.9 Å². The Kier molecular flexibility index (Phi) is 13.2. The van der Waals surface area contributed by atoms with Crippen LogP contribution >= 0.6 is 22.9 Å². The van der Waals surface area contributed by atoms with E-state index in [1.165, 1.54) is 24.3 Å². The number of hydrogen-bond acceptors (Lipinski definition) is 9. The van der Waals surface area contributed by atoms with Crippen molar-refractivity contribution in [3.05, 3.63) is 74.9 Å². The summed E-state index contributed by atoms with van der Waals surface area (Å²) in [5.41, 5.74) is 4.93. The lowest BCUT2D eigenvalue weighted by Gasteiger charge is -2.34. The molecular formula is C35H38ClF6N7OS. The molecule has 3 N–H and O–H groups in total. The van der Waals surface area contributed by atoms with Gasteiger partial charge >= 0.3 is 6.01 Å². The number of nitrogens with two attached hydrogens (primary N) is 1. The van der Waals surface area contributed by atoms with Crippen molar-refractivity contribution >= 4 is 56.6 Å². The summed E-state index contributed by atoms with van der Waals surface area (Å²) < 4.78 is 90.4. The van der Waals surface area contributed by atoms with Crippen molar-refractivity contribution in [1.82, 2.24) is 20.2 Å². The zero-order chi connectivity index (χ0) is 36.2. The number of nitrogens with zero attached hydrogens (tertiary/aromatic N) is 5. The molecule has 2 aromatic heterocycles. The molecule has 0 bridgehead atoms. The number of aromatic nitrogens is 2. The van der Waals surface area contributed by atoms with Gasteiger partial charge in [-0.2, -0.15) is 32.8 Å². The van der Waals surface area contributed by atoms with Crippen molar-refractivity contribution in [1.29, 1.82) is 5.26 Å². The van der Waals surface area contributed by atoms with E-state index in [0.29, 0.717) is 26.1 Å². The number of anilines is 2. The molecule has 3 aliphatic heterocycles. The van der Waals surface area contributed by atoms with Crippen LogP contribution in [0, 0.1) is 17.1 Å². The molecule has 0 amide bonds. The molecule has 0 saturated carbocycles. The molecule has 0 aliphatic carbocycles. The zero-order valence-electron chi connectivity index (χ0n) is 27.2. The number of fused-ring (bicyclic) bond motifs is 2. The van der Waals surface area contributed by atoms with Gasteiger partial charge in [0.15, 0.2) is 5.82 Å². The van der Waals surface area contributed by atoms with Gasteiger partial charge in [0, 0.05) is 48.7 Å². The van der Waals surface area contributed by atoms with Crippen molar-refractivity contribution in [2.75, 3.05) is 50.0 Å². The Morgan fingerprint density at radius 2 is 1.98 bits per heavy atom. The van der Waals surface area contributed by atoms with Crippen LogP contribution in [0.3, 0.4) is 0 Å². The van der Waals surface area contributed by atoms with Crippen LogP contribution in [0.2, 0.25) is 5.02 Å². The standard InChI is InChI=1S/C32H28ClF6N7OS.C2H6.CH4/c33-22-11-21-27(26(37)20(22)3-1-4-23(34)24-9-17(13-40)29(41)48-24)43-31(44-30(21)45-8-6-42-19(15-45)10-25(35)36)47-16-32-5-2-7-46(32)14-18(12-32)28(38)39;1-2;/h1,3-4,9-11,19,42H,2,5-8,12,14-16,41H2;1-2H3;1H4/b3-1+,23-4+;;/t19?,32-;;/m0../s1. The number of piperazine rings is 1. The number of halogens is 7. The minimum absolute atomic E-state index is 0. The number of thiophene rings is 1. The number of rotatable bonds is 8. The summed E-state index contributed by atoms with van der Waals surface area (Å²) in [5, 5.41) is 12.4. The Morgan fingerprint density at radius 1 is 1.22 bits per heavy atom. The van der Waals surface area contributed by atoms with E-state index in [9.17, 15) is 22.0 Å². The van der Waals surface area contributed by atoms with E-state index in [1.807, 2.05) is 24.8 Å². The van der Waals surface area contributed by atoms with Gasteiger partial charge in [-0.25, -0.2) is 8.78 Å². The maximum Gasteiger partial charge on any atom is 0.319 e. The summed E-state index contributed by atoms with van der Waals surface area (Å²) in [6, 6.07) is 3.68. The predicted molar refractivity (Wildman–Crippen MR) is 191 cm³/mol. The smallest absolute Gasteiger partial charge is 0.319 e. The molecule has 0 radical (unpaired) electrons. The molecule has 8 nitrogen and oxygen atoms in total. The first-order chi connectivity index (χ1) is 24.0. The van der Waals surface area contributed by atoms with E-state index in [2.05, 4.69) is 15.3 Å². The number of nitrogens with one attached hydrogen (secondary N) is 1. The predicted octanol–water partition coefficient (Wildman–Crippen LogP) is 8.95. The monoisotopic (exact) mass is 753 g/mol. The van der Waals surface area contributed by atoms with E-state index in [0.717, 1.165) is 29.9 Å². The van der Waals surface area contributed by atoms with Gasteiger partial charge in [0.05, 0.1) is 21.0 Å². The van der Waals surface area contributed by atoms with Crippen LogP contribution in [0.5, 0.6) is 6.01 Å². The first-order valence-corrected chi connectivity index (χ1v) is 17.1. The molecule has 1 aromatic carbocycles. The average Bonchev–Trinajstić information content (AvgIpc) is 3.78. The van der Waals surface area contributed by atoms with Gasteiger partial charge in [0.2, 0.25) is 0 Å². The lowest BCUT2D eigenvalue weighted by atomic mass is 9.94. The normalized spacial score (nSPS) is 20.5. The van der Waals surface area contributed by atoms with Gasteiger partial charge in [0.25, 0.3) is 12.2 Å². The Hall–Kier alpha value is -4.10. The van der Waals surface area contributed by atoms with Crippen molar-refractivity contribution < 1.29 is 31.1 Å². The lowest BCUT2D eigenvalue weighted by molar-refractivity contribution is 0.108. The number of hydrogen-bond donors (Lipinski definition) is 2. The molecule has 2 atom stereocenters. The fourth-order valence-electron chi connectivity index (χ4n) is 6.45. The Labute approximate surface area is 301 Å². The van der Waals surface area contributed by atoms with Crippen LogP contribution in [0.4, 0.5) is 37.2 Å². The maximum atomic E-state index is 16.3. The number of allylic oxidation sites excluding steroid dienone is 2. The number of nitrogen functional groups attached to an aromatic ring is 1. The third-order valence-corrected chi connectivity index (χ3v) is 10.0. The molecule has 274 valence electrons. The second-order valence-corrected chi connectivity index (χ2v) is 13.2. The lowest BCUT2D eigenvalue weighted by Crippen LogP contribution is -2.50. The molecular weight excluding hydrogens is 716 g/mol. The van der Waals surface area contributed by atoms with Crippen LogP contribution in [0.15, 0.2) is 48.1 Å². The third kappa shape index (κ3) is 8.52. The van der Waals surface area contributed by atoms with E-state index in [4.69, 9.17) is 27.3 Å². The highest BCUT2D eigenvalue weighted by Crippen LogP contribution is 2.43. The molecule has 1 unspecified atom stereocenters. The first-order valence-electron chi connectivity index (χ1n) is 15.9. The molecule has 51 heavy (non-hydrogen) atoms. The number of ether oxygens (including phenoxy) is 1. The van der Waals surface area contributed by atoms with Crippen LogP contribution in [0.25, 0.3) is 22.8 Å². The van der Waals surface area contributed by atoms with Crippen molar-refractivity contribution in [3.63, 3.8) is 0 Å². The molecule has 3 saturated heterocycles. The molecule has 5 heterocycles. The fourth-order valence-corrected chi connectivity index (χ4v) is 7.50. The highest BCUT2D eigenvalue weighted by atomic mass is 35.5. The SMILES string of the molecule is C.CC.N#Cc1cc(/C(F)=C\C=C\c2c(Cl)cc3c(N4CCNC(C=C(F)F)C4)nc(OC[C@@]45CCCN4CC(=C(F)F)C5)nc3c2F)sc1N.